The number of benzene rings is 1. The zero-order valence-corrected chi connectivity index (χ0v) is 9.20. The molecule has 2 heteroatoms. The molecular formula is C12H21NO. The number of nitrogen functional groups attached to an aromatic ring is 1. The van der Waals surface area contributed by atoms with Gasteiger partial charge in [-0.2, -0.15) is 0 Å². The lowest BCUT2D eigenvalue weighted by Crippen LogP contribution is -1.92. The van der Waals surface area contributed by atoms with Crippen molar-refractivity contribution in [2.24, 2.45) is 0 Å². The number of hydrogen-bond acceptors (Lipinski definition) is 2. The van der Waals surface area contributed by atoms with Crippen LogP contribution in [0, 0.1) is 0 Å². The van der Waals surface area contributed by atoms with Gasteiger partial charge in [0.15, 0.2) is 0 Å². The Labute approximate surface area is 87.1 Å². The van der Waals surface area contributed by atoms with Gasteiger partial charge in [0.1, 0.15) is 0 Å². The Bertz CT molecular complexity index is 195. The summed E-state index contributed by atoms with van der Waals surface area (Å²) in [7, 11) is 0. The van der Waals surface area contributed by atoms with E-state index in [4.69, 9.17) is 10.5 Å². The van der Waals surface area contributed by atoms with Gasteiger partial charge in [-0.15, -0.1) is 0 Å². The third kappa shape index (κ3) is 9.07. The van der Waals surface area contributed by atoms with E-state index in [2.05, 4.69) is 13.8 Å². The summed E-state index contributed by atoms with van der Waals surface area (Å²) in [5, 5.41) is 0. The Balaban J connectivity index is 0.000000241. The van der Waals surface area contributed by atoms with Crippen molar-refractivity contribution in [1.29, 1.82) is 0 Å². The van der Waals surface area contributed by atoms with Gasteiger partial charge in [-0.25, -0.2) is 0 Å². The van der Waals surface area contributed by atoms with E-state index in [0.29, 0.717) is 0 Å². The van der Waals surface area contributed by atoms with Gasteiger partial charge in [0.05, 0.1) is 0 Å². The highest BCUT2D eigenvalue weighted by Crippen LogP contribution is 1.95. The molecule has 0 saturated carbocycles. The molecule has 0 aromatic heterocycles. The average Bonchev–Trinajstić information content (AvgIpc) is 2.21. The molecule has 0 aliphatic carbocycles. The predicted molar refractivity (Wildman–Crippen MR) is 62.3 cm³/mol. The van der Waals surface area contributed by atoms with Crippen molar-refractivity contribution in [3.63, 3.8) is 0 Å². The molecule has 1 aromatic rings. The second-order valence-corrected chi connectivity index (χ2v) is 3.02. The highest BCUT2D eigenvalue weighted by atomic mass is 16.5. The van der Waals surface area contributed by atoms with Crippen LogP contribution in [-0.2, 0) is 4.74 Å². The van der Waals surface area contributed by atoms with Crippen LogP contribution >= 0.6 is 0 Å². The lowest BCUT2D eigenvalue weighted by molar-refractivity contribution is 0.135. The zero-order valence-electron chi connectivity index (χ0n) is 9.20. The molecule has 0 unspecified atom stereocenters. The van der Waals surface area contributed by atoms with Crippen molar-refractivity contribution in [2.75, 3.05) is 18.9 Å². The summed E-state index contributed by atoms with van der Waals surface area (Å²) in [5.74, 6) is 0. The van der Waals surface area contributed by atoms with E-state index in [1.54, 1.807) is 0 Å². The van der Waals surface area contributed by atoms with Crippen LogP contribution in [0.15, 0.2) is 30.3 Å². The monoisotopic (exact) mass is 195 g/mol. The Kier molecular flexibility index (Phi) is 9.33. The Morgan fingerprint density at radius 1 is 1.00 bits per heavy atom. The molecule has 0 fully saturated rings. The molecular weight excluding hydrogens is 174 g/mol. The number of rotatable bonds is 4. The number of nitrogens with two attached hydrogens (primary N) is 1. The summed E-state index contributed by atoms with van der Waals surface area (Å²) in [6.07, 6.45) is 2.28. The average molecular weight is 195 g/mol. The summed E-state index contributed by atoms with van der Waals surface area (Å²) in [5.41, 5.74) is 6.18. The van der Waals surface area contributed by atoms with Crippen LogP contribution in [-0.4, -0.2) is 13.2 Å². The van der Waals surface area contributed by atoms with Crippen LogP contribution in [0.4, 0.5) is 5.69 Å². The fourth-order valence-electron chi connectivity index (χ4n) is 0.844. The molecule has 0 radical (unpaired) electrons. The molecule has 2 N–H and O–H groups in total. The zero-order chi connectivity index (χ0) is 10.6. The highest BCUT2D eigenvalue weighted by Gasteiger charge is 1.77. The number of anilines is 1. The smallest absolute Gasteiger partial charge is 0.0463 e. The van der Waals surface area contributed by atoms with E-state index in [-0.39, 0.29) is 0 Å². The molecule has 0 atom stereocenters. The molecule has 0 saturated heterocycles. The van der Waals surface area contributed by atoms with Crippen LogP contribution in [0.3, 0.4) is 0 Å². The lowest BCUT2D eigenvalue weighted by Gasteiger charge is -1.95. The second-order valence-electron chi connectivity index (χ2n) is 3.02. The summed E-state index contributed by atoms with van der Waals surface area (Å²) >= 11 is 0. The third-order valence-corrected chi connectivity index (χ3v) is 1.50. The van der Waals surface area contributed by atoms with Gasteiger partial charge in [-0.3, -0.25) is 0 Å². The fourth-order valence-corrected chi connectivity index (χ4v) is 0.844. The highest BCUT2D eigenvalue weighted by molar-refractivity contribution is 5.35. The minimum absolute atomic E-state index is 0.822. The van der Waals surface area contributed by atoms with Gasteiger partial charge >= 0.3 is 0 Å². The maximum Gasteiger partial charge on any atom is 0.0463 e. The standard InChI is InChI=1S/C6H7N.C6H14O/c7-6-4-2-1-3-5-6;1-3-5-7-6-4-2/h1-5H,7H2;3-6H2,1-2H3. The van der Waals surface area contributed by atoms with Crippen LogP contribution < -0.4 is 5.73 Å². The molecule has 0 aliphatic rings. The number of para-hydroxylation sites is 1. The van der Waals surface area contributed by atoms with Crippen molar-refractivity contribution in [3.8, 4) is 0 Å². The number of hydrogen-bond donors (Lipinski definition) is 1. The van der Waals surface area contributed by atoms with E-state index in [9.17, 15) is 0 Å². The number of ether oxygens (including phenoxy) is 1. The molecule has 0 amide bonds. The quantitative estimate of drug-likeness (QED) is 0.592. The third-order valence-electron chi connectivity index (χ3n) is 1.50. The van der Waals surface area contributed by atoms with E-state index in [1.165, 1.54) is 0 Å². The first-order valence-corrected chi connectivity index (χ1v) is 5.19. The summed E-state index contributed by atoms with van der Waals surface area (Å²) in [6, 6.07) is 9.49. The molecule has 2 nitrogen and oxygen atoms in total. The largest absolute Gasteiger partial charge is 0.399 e. The molecule has 0 heterocycles. The SMILES string of the molecule is CCCOCCC.Nc1ccccc1. The molecule has 0 bridgehead atoms. The fraction of sp³-hybridized carbons (Fsp3) is 0.500. The normalized spacial score (nSPS) is 9.00. The van der Waals surface area contributed by atoms with Crippen LogP contribution in [0.2, 0.25) is 0 Å². The van der Waals surface area contributed by atoms with Crippen LogP contribution in [0.25, 0.3) is 0 Å². The van der Waals surface area contributed by atoms with Gasteiger partial charge < -0.3 is 10.5 Å². The van der Waals surface area contributed by atoms with Crippen LogP contribution in [0.1, 0.15) is 26.7 Å². The Morgan fingerprint density at radius 2 is 1.50 bits per heavy atom. The lowest BCUT2D eigenvalue weighted by atomic mass is 10.3. The van der Waals surface area contributed by atoms with Crippen molar-refractivity contribution >= 4 is 5.69 Å². The van der Waals surface area contributed by atoms with E-state index >= 15 is 0 Å². The summed E-state index contributed by atoms with van der Waals surface area (Å²) in [4.78, 5) is 0. The van der Waals surface area contributed by atoms with Gasteiger partial charge in [0.25, 0.3) is 0 Å². The van der Waals surface area contributed by atoms with E-state index in [1.807, 2.05) is 30.3 Å². The predicted octanol–water partition coefficient (Wildman–Crippen LogP) is 3.09. The summed E-state index contributed by atoms with van der Waals surface area (Å²) in [6.45, 7) is 6.09. The molecule has 1 aromatic carbocycles. The van der Waals surface area contributed by atoms with Crippen molar-refractivity contribution in [3.05, 3.63) is 30.3 Å². The maximum atomic E-state index is 5.36. The van der Waals surface area contributed by atoms with Gasteiger partial charge in [0, 0.05) is 18.9 Å². The molecule has 80 valence electrons. The van der Waals surface area contributed by atoms with Gasteiger partial charge in [0.2, 0.25) is 0 Å². The van der Waals surface area contributed by atoms with E-state index < -0.39 is 0 Å². The minimum Gasteiger partial charge on any atom is -0.399 e. The van der Waals surface area contributed by atoms with Gasteiger partial charge in [-0.1, -0.05) is 32.0 Å². The van der Waals surface area contributed by atoms with Crippen LogP contribution in [0.5, 0.6) is 0 Å². The van der Waals surface area contributed by atoms with E-state index in [0.717, 1.165) is 31.7 Å². The topological polar surface area (TPSA) is 35.2 Å². The summed E-state index contributed by atoms with van der Waals surface area (Å²) < 4.78 is 5.13. The molecule has 0 aliphatic heterocycles. The maximum absolute atomic E-state index is 5.36. The molecule has 0 spiro atoms. The molecule has 14 heavy (non-hydrogen) atoms. The van der Waals surface area contributed by atoms with Gasteiger partial charge in [-0.05, 0) is 25.0 Å². The van der Waals surface area contributed by atoms with Crippen molar-refractivity contribution < 1.29 is 4.74 Å². The Morgan fingerprint density at radius 3 is 1.79 bits per heavy atom. The minimum atomic E-state index is 0.822. The first kappa shape index (κ1) is 13.0. The van der Waals surface area contributed by atoms with Crippen molar-refractivity contribution in [1.82, 2.24) is 0 Å². The van der Waals surface area contributed by atoms with Crippen molar-refractivity contribution in [2.45, 2.75) is 26.7 Å². The first-order valence-electron chi connectivity index (χ1n) is 5.19. The second kappa shape index (κ2) is 10.1. The molecule has 1 rings (SSSR count). The Hall–Kier alpha value is -1.02. The first-order chi connectivity index (χ1) is 6.81.